The molecule has 1 aliphatic heterocycles. The van der Waals surface area contributed by atoms with Gasteiger partial charge in [0.25, 0.3) is 5.91 Å². The van der Waals surface area contributed by atoms with E-state index in [-0.39, 0.29) is 24.3 Å². The predicted molar refractivity (Wildman–Crippen MR) is 86.7 cm³/mol. The van der Waals surface area contributed by atoms with Gasteiger partial charge in [0.05, 0.1) is 6.10 Å². The zero-order valence-corrected chi connectivity index (χ0v) is 13.4. The standard InChI is InChI=1S/C17H21N3O4/c21-13-6-8-20(11-13)9-7-18-17(22)16-10-15(24-19-16)12-23-14-4-2-1-3-5-14/h1-5,10,13,21H,6-9,11-12H2,(H,18,22)/t13-/m0/s1. The van der Waals surface area contributed by atoms with Crippen LogP contribution in [0, 0.1) is 0 Å². The van der Waals surface area contributed by atoms with Crippen LogP contribution in [0.2, 0.25) is 0 Å². The number of β-amino-alcohol motifs (C(OH)–C–C–N with tert-alkyl or cyclic N) is 1. The van der Waals surface area contributed by atoms with Gasteiger partial charge in [-0.3, -0.25) is 9.69 Å². The molecule has 2 aromatic rings. The normalized spacial score (nSPS) is 17.8. The third-order valence-corrected chi connectivity index (χ3v) is 3.88. The summed E-state index contributed by atoms with van der Waals surface area (Å²) in [5.74, 6) is 0.948. The molecule has 24 heavy (non-hydrogen) atoms. The van der Waals surface area contributed by atoms with Gasteiger partial charge in [0.15, 0.2) is 11.5 Å². The molecule has 0 spiro atoms. The number of aliphatic hydroxyl groups is 1. The zero-order chi connectivity index (χ0) is 16.8. The van der Waals surface area contributed by atoms with Crippen LogP contribution in [0.1, 0.15) is 22.7 Å². The van der Waals surface area contributed by atoms with Crippen LogP contribution < -0.4 is 10.1 Å². The van der Waals surface area contributed by atoms with Crippen molar-refractivity contribution in [3.8, 4) is 5.75 Å². The van der Waals surface area contributed by atoms with Gasteiger partial charge in [-0.2, -0.15) is 0 Å². The average Bonchev–Trinajstić information content (AvgIpc) is 3.23. The summed E-state index contributed by atoms with van der Waals surface area (Å²) in [6, 6.07) is 10.9. The average molecular weight is 331 g/mol. The lowest BCUT2D eigenvalue weighted by Gasteiger charge is -2.14. The maximum atomic E-state index is 12.0. The highest BCUT2D eigenvalue weighted by Crippen LogP contribution is 2.12. The first-order valence-corrected chi connectivity index (χ1v) is 8.03. The molecule has 2 heterocycles. The van der Waals surface area contributed by atoms with Crippen LogP contribution in [0.4, 0.5) is 0 Å². The van der Waals surface area contributed by atoms with Crippen molar-refractivity contribution in [2.24, 2.45) is 0 Å². The summed E-state index contributed by atoms with van der Waals surface area (Å²) >= 11 is 0. The van der Waals surface area contributed by atoms with E-state index in [0.717, 1.165) is 18.7 Å². The molecule has 7 heteroatoms. The molecule has 2 N–H and O–H groups in total. The third kappa shape index (κ3) is 4.56. The smallest absolute Gasteiger partial charge is 0.273 e. The highest BCUT2D eigenvalue weighted by atomic mass is 16.5. The summed E-state index contributed by atoms with van der Waals surface area (Å²) in [7, 11) is 0. The highest BCUT2D eigenvalue weighted by Gasteiger charge is 2.20. The fourth-order valence-corrected chi connectivity index (χ4v) is 2.59. The van der Waals surface area contributed by atoms with Crippen molar-refractivity contribution in [3.63, 3.8) is 0 Å². The molecular weight excluding hydrogens is 310 g/mol. The second-order valence-corrected chi connectivity index (χ2v) is 5.78. The molecule has 7 nitrogen and oxygen atoms in total. The Labute approximate surface area is 140 Å². The van der Waals surface area contributed by atoms with Crippen molar-refractivity contribution in [3.05, 3.63) is 47.9 Å². The molecule has 1 fully saturated rings. The van der Waals surface area contributed by atoms with E-state index < -0.39 is 0 Å². The number of carbonyl (C=O) groups is 1. The van der Waals surface area contributed by atoms with Gasteiger partial charge >= 0.3 is 0 Å². The van der Waals surface area contributed by atoms with E-state index in [4.69, 9.17) is 9.26 Å². The molecule has 128 valence electrons. The summed E-state index contributed by atoms with van der Waals surface area (Å²) in [6.07, 6.45) is 0.547. The van der Waals surface area contributed by atoms with Crippen LogP contribution in [0.5, 0.6) is 5.75 Å². The van der Waals surface area contributed by atoms with Crippen LogP contribution in [-0.4, -0.2) is 53.4 Å². The summed E-state index contributed by atoms with van der Waals surface area (Å²) in [5, 5.41) is 16.0. The van der Waals surface area contributed by atoms with Crippen LogP contribution >= 0.6 is 0 Å². The van der Waals surface area contributed by atoms with Gasteiger partial charge in [0.2, 0.25) is 0 Å². The van der Waals surface area contributed by atoms with Gasteiger partial charge in [0, 0.05) is 32.2 Å². The van der Waals surface area contributed by atoms with Gasteiger partial charge in [-0.05, 0) is 18.6 Å². The fraction of sp³-hybridized carbons (Fsp3) is 0.412. The SMILES string of the molecule is O=C(NCCN1CC[C@H](O)C1)c1cc(COc2ccccc2)on1. The van der Waals surface area contributed by atoms with Gasteiger partial charge in [-0.15, -0.1) is 0 Å². The second-order valence-electron chi connectivity index (χ2n) is 5.78. The molecule has 0 saturated carbocycles. The molecule has 0 unspecified atom stereocenters. The number of benzene rings is 1. The van der Waals surface area contributed by atoms with Crippen LogP contribution in [0.25, 0.3) is 0 Å². The van der Waals surface area contributed by atoms with Crippen LogP contribution in [0.15, 0.2) is 40.9 Å². The molecule has 1 aliphatic rings. The molecule has 0 bridgehead atoms. The molecule has 1 aromatic heterocycles. The number of nitrogens with zero attached hydrogens (tertiary/aromatic N) is 2. The minimum atomic E-state index is -0.274. The van der Waals surface area contributed by atoms with E-state index in [1.54, 1.807) is 6.07 Å². The van der Waals surface area contributed by atoms with E-state index in [1.807, 2.05) is 30.3 Å². The minimum Gasteiger partial charge on any atom is -0.486 e. The van der Waals surface area contributed by atoms with Gasteiger partial charge in [-0.25, -0.2) is 0 Å². The lowest BCUT2D eigenvalue weighted by molar-refractivity contribution is 0.0939. The minimum absolute atomic E-state index is 0.218. The molecule has 1 aromatic carbocycles. The summed E-state index contributed by atoms with van der Waals surface area (Å²) < 4.78 is 10.7. The van der Waals surface area contributed by atoms with E-state index in [9.17, 15) is 9.90 Å². The number of hydrogen-bond donors (Lipinski definition) is 2. The lowest BCUT2D eigenvalue weighted by Crippen LogP contribution is -2.34. The van der Waals surface area contributed by atoms with E-state index in [2.05, 4.69) is 15.4 Å². The molecular formula is C17H21N3O4. The molecule has 0 aliphatic carbocycles. The van der Waals surface area contributed by atoms with Gasteiger partial charge in [0.1, 0.15) is 12.4 Å². The Morgan fingerprint density at radius 3 is 3.00 bits per heavy atom. The Bertz CT molecular complexity index is 659. The van der Waals surface area contributed by atoms with Gasteiger partial charge in [-0.1, -0.05) is 23.4 Å². The lowest BCUT2D eigenvalue weighted by atomic mass is 10.3. The van der Waals surface area contributed by atoms with Crippen molar-refractivity contribution in [1.29, 1.82) is 0 Å². The Morgan fingerprint density at radius 2 is 2.25 bits per heavy atom. The molecule has 3 rings (SSSR count). The number of nitrogens with one attached hydrogen (secondary N) is 1. The summed E-state index contributed by atoms with van der Waals surface area (Å²) in [5.41, 5.74) is 0.239. The van der Waals surface area contributed by atoms with Crippen molar-refractivity contribution in [1.82, 2.24) is 15.4 Å². The largest absolute Gasteiger partial charge is 0.486 e. The molecule has 1 saturated heterocycles. The first-order chi connectivity index (χ1) is 11.7. The van der Waals surface area contributed by atoms with Crippen molar-refractivity contribution < 1.29 is 19.2 Å². The molecule has 1 atom stereocenters. The first-order valence-electron chi connectivity index (χ1n) is 8.03. The topological polar surface area (TPSA) is 87.8 Å². The number of likely N-dealkylation sites (tertiary alicyclic amines) is 1. The summed E-state index contributed by atoms with van der Waals surface area (Å²) in [6.45, 7) is 2.97. The van der Waals surface area contributed by atoms with E-state index in [0.29, 0.717) is 25.4 Å². The molecule has 1 amide bonds. The fourth-order valence-electron chi connectivity index (χ4n) is 2.59. The van der Waals surface area contributed by atoms with E-state index in [1.165, 1.54) is 0 Å². The monoisotopic (exact) mass is 331 g/mol. The number of aliphatic hydroxyl groups excluding tert-OH is 1. The number of hydrogen-bond acceptors (Lipinski definition) is 6. The zero-order valence-electron chi connectivity index (χ0n) is 13.4. The predicted octanol–water partition coefficient (Wildman–Crippen LogP) is 1.05. The Kier molecular flexibility index (Phi) is 5.45. The maximum absolute atomic E-state index is 12.0. The number of amides is 1. The molecule has 0 radical (unpaired) electrons. The maximum Gasteiger partial charge on any atom is 0.273 e. The third-order valence-electron chi connectivity index (χ3n) is 3.88. The number of ether oxygens (including phenoxy) is 1. The van der Waals surface area contributed by atoms with Crippen LogP contribution in [0.3, 0.4) is 0 Å². The Hall–Kier alpha value is -2.38. The number of carbonyl (C=O) groups excluding carboxylic acids is 1. The van der Waals surface area contributed by atoms with Crippen molar-refractivity contribution in [2.45, 2.75) is 19.1 Å². The number of para-hydroxylation sites is 1. The number of rotatable bonds is 7. The Morgan fingerprint density at radius 1 is 1.42 bits per heavy atom. The van der Waals surface area contributed by atoms with Crippen LogP contribution in [-0.2, 0) is 6.61 Å². The quantitative estimate of drug-likeness (QED) is 0.788. The number of aromatic nitrogens is 1. The summed E-state index contributed by atoms with van der Waals surface area (Å²) in [4.78, 5) is 14.1. The second kappa shape index (κ2) is 7.94. The van der Waals surface area contributed by atoms with Gasteiger partial charge < -0.3 is 19.7 Å². The first kappa shape index (κ1) is 16.5. The highest BCUT2D eigenvalue weighted by molar-refractivity contribution is 5.92. The Balaban J connectivity index is 1.42. The van der Waals surface area contributed by atoms with Crippen molar-refractivity contribution in [2.75, 3.05) is 26.2 Å². The van der Waals surface area contributed by atoms with E-state index >= 15 is 0 Å². The van der Waals surface area contributed by atoms with Crippen molar-refractivity contribution >= 4 is 5.91 Å².